The van der Waals surface area contributed by atoms with Crippen LogP contribution in [0.2, 0.25) is 0 Å². The molecule has 0 bridgehead atoms. The molecule has 2 unspecified atom stereocenters. The Hall–Kier alpha value is -1.47. The zero-order valence-corrected chi connectivity index (χ0v) is 9.29. The van der Waals surface area contributed by atoms with Gasteiger partial charge in [0.1, 0.15) is 0 Å². The quantitative estimate of drug-likeness (QED) is 0.621. The Morgan fingerprint density at radius 3 is 2.62 bits per heavy atom. The average Bonchev–Trinajstić information content (AvgIpc) is 2.61. The van der Waals surface area contributed by atoms with Crippen molar-refractivity contribution in [2.75, 3.05) is 6.54 Å². The third-order valence-corrected chi connectivity index (χ3v) is 2.46. The molecule has 0 radical (unpaired) electrons. The van der Waals surface area contributed by atoms with Crippen molar-refractivity contribution in [2.24, 2.45) is 5.73 Å². The number of aliphatic hydroxyl groups is 1. The fourth-order valence-corrected chi connectivity index (χ4v) is 1.38. The first-order valence-corrected chi connectivity index (χ1v) is 5.04. The van der Waals surface area contributed by atoms with Crippen LogP contribution in [-0.4, -0.2) is 43.8 Å². The lowest BCUT2D eigenvalue weighted by molar-refractivity contribution is 0.0688. The van der Waals surface area contributed by atoms with E-state index in [1.165, 1.54) is 4.68 Å². The average molecular weight is 228 g/mol. The highest BCUT2D eigenvalue weighted by Crippen LogP contribution is 2.15. The third-order valence-electron chi connectivity index (χ3n) is 2.46. The number of carboxylic acid groups (broad SMARTS) is 1. The SMILES string of the molecule is CC(O)C(C)n1nnc(C(=O)O)c1CCN. The van der Waals surface area contributed by atoms with Gasteiger partial charge in [-0.1, -0.05) is 5.21 Å². The van der Waals surface area contributed by atoms with E-state index in [0.29, 0.717) is 18.7 Å². The summed E-state index contributed by atoms with van der Waals surface area (Å²) in [6.07, 6.45) is -0.272. The van der Waals surface area contributed by atoms with Gasteiger partial charge in [0.15, 0.2) is 5.69 Å². The Kier molecular flexibility index (Phi) is 3.97. The van der Waals surface area contributed by atoms with E-state index in [0.717, 1.165) is 0 Å². The van der Waals surface area contributed by atoms with Crippen molar-refractivity contribution in [1.82, 2.24) is 15.0 Å². The minimum Gasteiger partial charge on any atom is -0.476 e. The van der Waals surface area contributed by atoms with E-state index in [1.807, 2.05) is 0 Å². The zero-order chi connectivity index (χ0) is 12.3. The summed E-state index contributed by atoms with van der Waals surface area (Å²) in [6, 6.07) is -0.331. The number of nitrogens with zero attached hydrogens (tertiary/aromatic N) is 3. The number of aromatic nitrogens is 3. The van der Waals surface area contributed by atoms with Crippen molar-refractivity contribution in [3.05, 3.63) is 11.4 Å². The molecule has 0 fully saturated rings. The second kappa shape index (κ2) is 5.04. The topological polar surface area (TPSA) is 114 Å². The van der Waals surface area contributed by atoms with Crippen LogP contribution in [0.5, 0.6) is 0 Å². The number of carbonyl (C=O) groups is 1. The van der Waals surface area contributed by atoms with Gasteiger partial charge >= 0.3 is 5.97 Å². The standard InChI is InChI=1S/C9H16N4O3/c1-5(6(2)14)13-7(3-4-10)8(9(15)16)11-12-13/h5-6,14H,3-4,10H2,1-2H3,(H,15,16). The summed E-state index contributed by atoms with van der Waals surface area (Å²) in [5, 5.41) is 25.7. The number of carboxylic acids is 1. The van der Waals surface area contributed by atoms with Gasteiger partial charge in [0.05, 0.1) is 17.8 Å². The first-order chi connectivity index (χ1) is 7.49. The number of aromatic carboxylic acids is 1. The van der Waals surface area contributed by atoms with Crippen LogP contribution in [0.3, 0.4) is 0 Å². The maximum Gasteiger partial charge on any atom is 0.358 e. The Bertz CT molecular complexity index is 375. The lowest BCUT2D eigenvalue weighted by atomic mass is 10.2. The van der Waals surface area contributed by atoms with E-state index in [1.54, 1.807) is 13.8 Å². The highest BCUT2D eigenvalue weighted by Gasteiger charge is 2.23. The molecule has 1 heterocycles. The molecule has 0 aromatic carbocycles. The van der Waals surface area contributed by atoms with Gasteiger partial charge < -0.3 is 15.9 Å². The molecule has 90 valence electrons. The van der Waals surface area contributed by atoms with Crippen LogP contribution in [0, 0.1) is 0 Å². The van der Waals surface area contributed by atoms with Crippen molar-refractivity contribution >= 4 is 5.97 Å². The minimum atomic E-state index is -1.13. The highest BCUT2D eigenvalue weighted by molar-refractivity contribution is 5.86. The molecule has 1 aromatic rings. The van der Waals surface area contributed by atoms with Gasteiger partial charge in [-0.3, -0.25) is 0 Å². The smallest absolute Gasteiger partial charge is 0.358 e. The summed E-state index contributed by atoms with van der Waals surface area (Å²) in [7, 11) is 0. The molecule has 1 rings (SSSR count). The summed E-state index contributed by atoms with van der Waals surface area (Å²) < 4.78 is 1.42. The van der Waals surface area contributed by atoms with Gasteiger partial charge in [0, 0.05) is 6.42 Å². The molecule has 1 aromatic heterocycles. The molecule has 0 aliphatic heterocycles. The van der Waals surface area contributed by atoms with Crippen LogP contribution in [0.15, 0.2) is 0 Å². The molecule has 0 aliphatic carbocycles. The Morgan fingerprint density at radius 1 is 1.56 bits per heavy atom. The predicted octanol–water partition coefficient (Wildman–Crippen LogP) is -0.581. The molecule has 0 spiro atoms. The van der Waals surface area contributed by atoms with Crippen molar-refractivity contribution in [1.29, 1.82) is 0 Å². The number of hydrogen-bond acceptors (Lipinski definition) is 5. The fraction of sp³-hybridized carbons (Fsp3) is 0.667. The third kappa shape index (κ3) is 2.37. The molecule has 7 nitrogen and oxygen atoms in total. The van der Waals surface area contributed by atoms with Gasteiger partial charge in [-0.05, 0) is 20.4 Å². The largest absolute Gasteiger partial charge is 0.476 e. The van der Waals surface area contributed by atoms with Crippen LogP contribution in [-0.2, 0) is 6.42 Å². The molecule has 7 heteroatoms. The van der Waals surface area contributed by atoms with Crippen LogP contribution in [0.25, 0.3) is 0 Å². The highest BCUT2D eigenvalue weighted by atomic mass is 16.4. The van der Waals surface area contributed by atoms with Crippen molar-refractivity contribution in [3.63, 3.8) is 0 Å². The Morgan fingerprint density at radius 2 is 2.19 bits per heavy atom. The summed E-state index contributed by atoms with van der Waals surface area (Å²) in [5.74, 6) is -1.13. The summed E-state index contributed by atoms with van der Waals surface area (Å²) in [6.45, 7) is 3.66. The monoisotopic (exact) mass is 228 g/mol. The maximum atomic E-state index is 10.9. The number of rotatable bonds is 5. The fourth-order valence-electron chi connectivity index (χ4n) is 1.38. The van der Waals surface area contributed by atoms with Crippen LogP contribution in [0.4, 0.5) is 0 Å². The maximum absolute atomic E-state index is 10.9. The lowest BCUT2D eigenvalue weighted by Gasteiger charge is -2.17. The summed E-state index contributed by atoms with van der Waals surface area (Å²) in [4.78, 5) is 10.9. The van der Waals surface area contributed by atoms with Gasteiger partial charge in [-0.25, -0.2) is 9.48 Å². The van der Waals surface area contributed by atoms with E-state index in [2.05, 4.69) is 10.3 Å². The minimum absolute atomic E-state index is 0.0991. The first kappa shape index (κ1) is 12.6. The first-order valence-electron chi connectivity index (χ1n) is 5.04. The Labute approximate surface area is 92.9 Å². The normalized spacial score (nSPS) is 14.8. The molecular weight excluding hydrogens is 212 g/mol. The number of nitrogens with two attached hydrogens (primary N) is 1. The number of aliphatic hydroxyl groups excluding tert-OH is 1. The lowest BCUT2D eigenvalue weighted by Crippen LogP contribution is -2.23. The van der Waals surface area contributed by atoms with Crippen LogP contribution >= 0.6 is 0 Å². The summed E-state index contributed by atoms with van der Waals surface area (Å²) in [5.41, 5.74) is 5.76. The van der Waals surface area contributed by atoms with Gasteiger partial charge in [0.2, 0.25) is 0 Å². The molecule has 0 saturated heterocycles. The van der Waals surface area contributed by atoms with Crippen LogP contribution < -0.4 is 5.73 Å². The van der Waals surface area contributed by atoms with Crippen LogP contribution in [0.1, 0.15) is 36.1 Å². The molecular formula is C9H16N4O3. The molecule has 2 atom stereocenters. The Balaban J connectivity index is 3.14. The molecule has 0 aliphatic rings. The second-order valence-corrected chi connectivity index (χ2v) is 3.65. The van der Waals surface area contributed by atoms with E-state index in [9.17, 15) is 9.90 Å². The molecule has 0 saturated carbocycles. The predicted molar refractivity (Wildman–Crippen MR) is 56.1 cm³/mol. The van der Waals surface area contributed by atoms with Gasteiger partial charge in [-0.15, -0.1) is 5.10 Å². The molecule has 4 N–H and O–H groups in total. The van der Waals surface area contributed by atoms with E-state index < -0.39 is 12.1 Å². The zero-order valence-electron chi connectivity index (χ0n) is 9.29. The van der Waals surface area contributed by atoms with Crippen molar-refractivity contribution in [3.8, 4) is 0 Å². The summed E-state index contributed by atoms with van der Waals surface area (Å²) >= 11 is 0. The van der Waals surface area contributed by atoms with Crippen molar-refractivity contribution < 1.29 is 15.0 Å². The van der Waals surface area contributed by atoms with E-state index in [-0.39, 0.29) is 11.7 Å². The van der Waals surface area contributed by atoms with E-state index in [4.69, 9.17) is 10.8 Å². The van der Waals surface area contributed by atoms with Gasteiger partial charge in [-0.2, -0.15) is 0 Å². The second-order valence-electron chi connectivity index (χ2n) is 3.65. The van der Waals surface area contributed by atoms with Gasteiger partial charge in [0.25, 0.3) is 0 Å². The van der Waals surface area contributed by atoms with E-state index >= 15 is 0 Å². The van der Waals surface area contributed by atoms with Crippen molar-refractivity contribution in [2.45, 2.75) is 32.4 Å². The molecule has 16 heavy (non-hydrogen) atoms. The molecule has 0 amide bonds. The number of hydrogen-bond donors (Lipinski definition) is 3.